The van der Waals surface area contributed by atoms with E-state index in [1.807, 2.05) is 6.07 Å². The quantitative estimate of drug-likeness (QED) is 0.544. The minimum absolute atomic E-state index is 0.217. The van der Waals surface area contributed by atoms with E-state index in [1.165, 1.54) is 26.2 Å². The number of nitrogens with zero attached hydrogens (tertiary/aromatic N) is 2. The molecule has 0 saturated carbocycles. The third-order valence-electron chi connectivity index (χ3n) is 6.07. The van der Waals surface area contributed by atoms with E-state index in [4.69, 9.17) is 14.2 Å². The smallest absolute Gasteiger partial charge is 0.339 e. The molecule has 2 aromatic carbocycles. The number of benzene rings is 2. The van der Waals surface area contributed by atoms with Gasteiger partial charge in [-0.3, -0.25) is 14.6 Å². The number of anilines is 1. The fraction of sp³-hybridized carbons (Fsp3) is 0.231. The highest BCUT2D eigenvalue weighted by molar-refractivity contribution is 6.07. The first-order valence-corrected chi connectivity index (χ1v) is 10.8. The molecule has 0 bridgehead atoms. The monoisotopic (exact) mass is 475 g/mol. The van der Waals surface area contributed by atoms with Crippen LogP contribution in [-0.4, -0.2) is 56.0 Å². The predicted octanol–water partition coefficient (Wildman–Crippen LogP) is 3.43. The van der Waals surface area contributed by atoms with Crippen molar-refractivity contribution in [2.24, 2.45) is 0 Å². The summed E-state index contributed by atoms with van der Waals surface area (Å²) in [5.74, 6) is -1.34. The van der Waals surface area contributed by atoms with Gasteiger partial charge in [0.2, 0.25) is 5.91 Å². The normalized spacial score (nSPS) is 16.8. The van der Waals surface area contributed by atoms with Crippen LogP contribution < -0.4 is 14.8 Å². The Bertz CT molecular complexity index is 1280. The number of nitrogens with one attached hydrogen (secondary N) is 1. The average molecular weight is 476 g/mol. The van der Waals surface area contributed by atoms with Crippen molar-refractivity contribution in [3.63, 3.8) is 0 Å². The highest BCUT2D eigenvalue weighted by Gasteiger charge is 2.44. The Balaban J connectivity index is 1.88. The maximum Gasteiger partial charge on any atom is 0.339 e. The van der Waals surface area contributed by atoms with Gasteiger partial charge in [-0.2, -0.15) is 0 Å². The highest BCUT2D eigenvalue weighted by Crippen LogP contribution is 2.45. The number of pyridine rings is 1. The molecular formula is C26H25N3O6. The molecule has 0 spiro atoms. The summed E-state index contributed by atoms with van der Waals surface area (Å²) >= 11 is 0. The summed E-state index contributed by atoms with van der Waals surface area (Å²) in [6.45, 7) is 0. The number of ether oxygens (including phenoxy) is 3. The summed E-state index contributed by atoms with van der Waals surface area (Å²) in [6, 6.07) is 12.7. The molecule has 4 rings (SSSR count). The number of hydrogen-bond acceptors (Lipinski definition) is 7. The number of carbonyl (C=O) groups is 3. The van der Waals surface area contributed by atoms with Crippen molar-refractivity contribution in [1.29, 1.82) is 0 Å². The molecule has 2 heterocycles. The number of carbonyl (C=O) groups excluding carboxylic acids is 3. The molecule has 35 heavy (non-hydrogen) atoms. The summed E-state index contributed by atoms with van der Waals surface area (Å²) < 4.78 is 15.7. The molecule has 0 radical (unpaired) electrons. The lowest BCUT2D eigenvalue weighted by Crippen LogP contribution is -2.44. The third kappa shape index (κ3) is 4.28. The summed E-state index contributed by atoms with van der Waals surface area (Å²) in [7, 11) is 5.88. The van der Waals surface area contributed by atoms with Gasteiger partial charge in [-0.1, -0.05) is 18.2 Å². The maximum atomic E-state index is 13.9. The Morgan fingerprint density at radius 1 is 1.00 bits per heavy atom. The van der Waals surface area contributed by atoms with Gasteiger partial charge in [0.25, 0.3) is 5.91 Å². The van der Waals surface area contributed by atoms with Gasteiger partial charge in [0, 0.05) is 25.0 Å². The van der Waals surface area contributed by atoms with Crippen LogP contribution in [0.15, 0.2) is 60.9 Å². The summed E-state index contributed by atoms with van der Waals surface area (Å²) in [5, 5.41) is 2.87. The number of esters is 1. The van der Waals surface area contributed by atoms with Crippen LogP contribution in [0.4, 0.5) is 5.69 Å². The molecule has 9 nitrogen and oxygen atoms in total. The Morgan fingerprint density at radius 2 is 1.71 bits per heavy atom. The predicted molar refractivity (Wildman–Crippen MR) is 128 cm³/mol. The SMILES string of the molecule is COC(=O)c1ccccc1NC(=O)[C@@H]1c2cc(OC)c(OC)cc2C(=O)N(C)[C@H]1c1cccnc1. The standard InChI is InChI=1S/C26H25N3O6/c1-29-23(15-8-7-11-27-14-15)22(17-12-20(33-2)21(34-3)13-18(17)25(29)31)24(30)28-19-10-6-5-9-16(19)26(32)35-4/h5-14,22-23H,1-4H3,(H,28,30)/t22-,23+/m1/s1. The van der Waals surface area contributed by atoms with Gasteiger partial charge >= 0.3 is 5.97 Å². The van der Waals surface area contributed by atoms with Crippen LogP contribution in [0.2, 0.25) is 0 Å². The number of aromatic nitrogens is 1. The molecule has 0 aliphatic carbocycles. The highest BCUT2D eigenvalue weighted by atomic mass is 16.5. The molecule has 9 heteroatoms. The fourth-order valence-electron chi connectivity index (χ4n) is 4.39. The van der Waals surface area contributed by atoms with Crippen molar-refractivity contribution < 1.29 is 28.6 Å². The van der Waals surface area contributed by atoms with E-state index < -0.39 is 23.8 Å². The number of methoxy groups -OCH3 is 3. The number of fused-ring (bicyclic) bond motifs is 1. The van der Waals surface area contributed by atoms with Crippen LogP contribution in [-0.2, 0) is 9.53 Å². The Kier molecular flexibility index (Phi) is 6.68. The van der Waals surface area contributed by atoms with Crippen LogP contribution in [0.3, 0.4) is 0 Å². The number of para-hydroxylation sites is 1. The van der Waals surface area contributed by atoms with Gasteiger partial charge in [0.05, 0.1) is 44.5 Å². The van der Waals surface area contributed by atoms with Gasteiger partial charge in [-0.15, -0.1) is 0 Å². The van der Waals surface area contributed by atoms with Gasteiger partial charge in [-0.25, -0.2) is 4.79 Å². The first kappa shape index (κ1) is 23.7. The number of likely N-dealkylation sites (N-methyl/N-ethyl adjacent to an activating group) is 1. The fourth-order valence-corrected chi connectivity index (χ4v) is 4.39. The second kappa shape index (κ2) is 9.84. The zero-order valence-corrected chi connectivity index (χ0v) is 19.8. The van der Waals surface area contributed by atoms with Gasteiger partial charge in [0.15, 0.2) is 11.5 Å². The molecule has 2 amide bonds. The van der Waals surface area contributed by atoms with Crippen LogP contribution in [0.5, 0.6) is 11.5 Å². The molecule has 2 atom stereocenters. The molecular weight excluding hydrogens is 450 g/mol. The molecule has 0 saturated heterocycles. The maximum absolute atomic E-state index is 13.9. The largest absolute Gasteiger partial charge is 0.493 e. The summed E-state index contributed by atoms with van der Waals surface area (Å²) in [6.07, 6.45) is 3.25. The molecule has 1 aliphatic heterocycles. The van der Waals surface area contributed by atoms with E-state index in [1.54, 1.807) is 61.9 Å². The van der Waals surface area contributed by atoms with Crippen LogP contribution >= 0.6 is 0 Å². The van der Waals surface area contributed by atoms with Crippen molar-refractivity contribution in [3.05, 3.63) is 83.2 Å². The van der Waals surface area contributed by atoms with E-state index in [0.29, 0.717) is 33.9 Å². The lowest BCUT2D eigenvalue weighted by Gasteiger charge is -2.40. The molecule has 1 aliphatic rings. The van der Waals surface area contributed by atoms with Crippen molar-refractivity contribution in [2.75, 3.05) is 33.7 Å². The van der Waals surface area contributed by atoms with E-state index in [-0.39, 0.29) is 11.5 Å². The number of amides is 2. The van der Waals surface area contributed by atoms with Crippen molar-refractivity contribution >= 4 is 23.5 Å². The Hall–Kier alpha value is -4.40. The summed E-state index contributed by atoms with van der Waals surface area (Å²) in [5.41, 5.74) is 2.01. The van der Waals surface area contributed by atoms with Gasteiger partial charge < -0.3 is 24.4 Å². The van der Waals surface area contributed by atoms with E-state index in [0.717, 1.165) is 0 Å². The van der Waals surface area contributed by atoms with Crippen LogP contribution in [0.25, 0.3) is 0 Å². The number of rotatable bonds is 6. The van der Waals surface area contributed by atoms with Crippen molar-refractivity contribution in [1.82, 2.24) is 9.88 Å². The van der Waals surface area contributed by atoms with E-state index in [2.05, 4.69) is 10.3 Å². The average Bonchev–Trinajstić information content (AvgIpc) is 2.90. The summed E-state index contributed by atoms with van der Waals surface area (Å²) in [4.78, 5) is 45.2. The Labute approximate surface area is 202 Å². The molecule has 0 fully saturated rings. The lowest BCUT2D eigenvalue weighted by atomic mass is 9.79. The molecule has 180 valence electrons. The zero-order valence-electron chi connectivity index (χ0n) is 19.8. The second-order valence-corrected chi connectivity index (χ2v) is 7.95. The van der Waals surface area contributed by atoms with Gasteiger partial charge in [-0.05, 0) is 41.5 Å². The first-order valence-electron chi connectivity index (χ1n) is 10.8. The van der Waals surface area contributed by atoms with Crippen LogP contribution in [0, 0.1) is 0 Å². The van der Waals surface area contributed by atoms with Crippen LogP contribution in [0.1, 0.15) is 43.8 Å². The molecule has 1 aromatic heterocycles. The van der Waals surface area contributed by atoms with Crippen molar-refractivity contribution in [2.45, 2.75) is 12.0 Å². The van der Waals surface area contributed by atoms with Gasteiger partial charge in [0.1, 0.15) is 0 Å². The Morgan fingerprint density at radius 3 is 2.37 bits per heavy atom. The zero-order chi connectivity index (χ0) is 25.1. The molecule has 0 unspecified atom stereocenters. The minimum Gasteiger partial charge on any atom is -0.493 e. The van der Waals surface area contributed by atoms with Crippen molar-refractivity contribution in [3.8, 4) is 11.5 Å². The van der Waals surface area contributed by atoms with E-state index >= 15 is 0 Å². The second-order valence-electron chi connectivity index (χ2n) is 7.95. The third-order valence-corrected chi connectivity index (χ3v) is 6.07. The first-order chi connectivity index (χ1) is 16.9. The topological polar surface area (TPSA) is 107 Å². The molecule has 3 aromatic rings. The van der Waals surface area contributed by atoms with E-state index in [9.17, 15) is 14.4 Å². The lowest BCUT2D eigenvalue weighted by molar-refractivity contribution is -0.119. The number of hydrogen-bond donors (Lipinski definition) is 1. The minimum atomic E-state index is -0.845. The molecule has 1 N–H and O–H groups in total.